The van der Waals surface area contributed by atoms with Crippen molar-refractivity contribution in [3.8, 4) is 0 Å². The zero-order valence-corrected chi connectivity index (χ0v) is 17.6. The Kier molecular flexibility index (Phi) is 5.72. The second-order valence-corrected chi connectivity index (χ2v) is 9.04. The van der Waals surface area contributed by atoms with Gasteiger partial charge in [-0.05, 0) is 43.2 Å². The van der Waals surface area contributed by atoms with Gasteiger partial charge in [0.1, 0.15) is 5.02 Å². The number of sulfonamides is 1. The molecule has 1 aromatic heterocycles. The number of hydrogen-bond donors (Lipinski definition) is 1. The number of hydrogen-bond acceptors (Lipinski definition) is 3. The van der Waals surface area contributed by atoms with Gasteiger partial charge in [-0.25, -0.2) is 8.42 Å². The molecule has 0 saturated carbocycles. The summed E-state index contributed by atoms with van der Waals surface area (Å²) in [6.07, 6.45) is 1.53. The monoisotopic (exact) mass is 443 g/mol. The number of anilines is 1. The van der Waals surface area contributed by atoms with Gasteiger partial charge in [0.05, 0.1) is 11.4 Å². The fraction of sp³-hybridized carbons (Fsp3) is 0.167. The summed E-state index contributed by atoms with van der Waals surface area (Å²) in [5, 5.41) is 5.44. The van der Waals surface area contributed by atoms with E-state index in [-0.39, 0.29) is 15.7 Å². The fourth-order valence-electron chi connectivity index (χ4n) is 2.65. The molecule has 0 aliphatic heterocycles. The third-order valence-electron chi connectivity index (χ3n) is 3.92. The first-order chi connectivity index (χ1) is 12.7. The molecular formula is C18H16Cl3N3O2S. The van der Waals surface area contributed by atoms with Crippen LogP contribution in [0.5, 0.6) is 0 Å². The van der Waals surface area contributed by atoms with Gasteiger partial charge in [0, 0.05) is 16.2 Å². The average Bonchev–Trinajstić information content (AvgIpc) is 2.88. The molecule has 3 aromatic rings. The predicted octanol–water partition coefficient (Wildman–Crippen LogP) is 5.31. The summed E-state index contributed by atoms with van der Waals surface area (Å²) in [5.74, 6) is 0.0572. The molecule has 0 radical (unpaired) electrons. The molecule has 0 spiro atoms. The highest BCUT2D eigenvalue weighted by Crippen LogP contribution is 2.26. The third-order valence-corrected chi connectivity index (χ3v) is 6.28. The first-order valence-corrected chi connectivity index (χ1v) is 10.5. The van der Waals surface area contributed by atoms with Crippen LogP contribution in [0.4, 0.5) is 5.82 Å². The van der Waals surface area contributed by atoms with Crippen molar-refractivity contribution in [3.05, 3.63) is 74.4 Å². The molecule has 1 heterocycles. The molecule has 0 amide bonds. The highest BCUT2D eigenvalue weighted by Gasteiger charge is 2.20. The Balaban J connectivity index is 1.86. The first kappa shape index (κ1) is 20.0. The van der Waals surface area contributed by atoms with Gasteiger partial charge in [-0.1, -0.05) is 58.6 Å². The molecule has 142 valence electrons. The van der Waals surface area contributed by atoms with E-state index in [4.69, 9.17) is 34.8 Å². The molecule has 5 nitrogen and oxygen atoms in total. The van der Waals surface area contributed by atoms with E-state index in [1.54, 1.807) is 43.3 Å². The normalized spacial score (nSPS) is 11.6. The second kappa shape index (κ2) is 7.72. The van der Waals surface area contributed by atoms with Crippen LogP contribution in [-0.2, 0) is 16.6 Å². The number of aryl methyl sites for hydroxylation is 2. The van der Waals surface area contributed by atoms with Gasteiger partial charge < -0.3 is 0 Å². The highest BCUT2D eigenvalue weighted by atomic mass is 35.5. The quantitative estimate of drug-likeness (QED) is 0.580. The number of rotatable bonds is 5. The van der Waals surface area contributed by atoms with Crippen molar-refractivity contribution in [1.82, 2.24) is 9.78 Å². The Hall–Kier alpha value is -1.73. The van der Waals surface area contributed by atoms with Crippen molar-refractivity contribution in [3.63, 3.8) is 0 Å². The molecule has 0 atom stereocenters. The minimum atomic E-state index is -3.81. The summed E-state index contributed by atoms with van der Waals surface area (Å²) in [4.78, 5) is 0.180. The van der Waals surface area contributed by atoms with E-state index >= 15 is 0 Å². The summed E-state index contributed by atoms with van der Waals surface area (Å²) in [5.41, 5.74) is 2.41. The molecule has 2 aromatic carbocycles. The van der Waals surface area contributed by atoms with Crippen LogP contribution in [0.15, 0.2) is 47.5 Å². The summed E-state index contributed by atoms with van der Waals surface area (Å²) >= 11 is 18.2. The van der Waals surface area contributed by atoms with Gasteiger partial charge in [-0.3, -0.25) is 9.40 Å². The van der Waals surface area contributed by atoms with Crippen LogP contribution in [0.3, 0.4) is 0 Å². The van der Waals surface area contributed by atoms with E-state index in [0.29, 0.717) is 22.2 Å². The van der Waals surface area contributed by atoms with Crippen LogP contribution < -0.4 is 4.72 Å². The lowest BCUT2D eigenvalue weighted by atomic mass is 10.2. The smallest absolute Gasteiger partial charge is 0.263 e. The Morgan fingerprint density at radius 1 is 1.04 bits per heavy atom. The Morgan fingerprint density at radius 3 is 2.44 bits per heavy atom. The van der Waals surface area contributed by atoms with Crippen LogP contribution in [0.25, 0.3) is 0 Å². The number of nitrogens with one attached hydrogen (secondary N) is 1. The van der Waals surface area contributed by atoms with Crippen LogP contribution in [0.1, 0.15) is 16.7 Å². The molecule has 3 rings (SSSR count). The zero-order valence-electron chi connectivity index (χ0n) is 14.5. The van der Waals surface area contributed by atoms with Crippen molar-refractivity contribution in [2.24, 2.45) is 0 Å². The van der Waals surface area contributed by atoms with Gasteiger partial charge >= 0.3 is 0 Å². The molecule has 0 saturated heterocycles. The lowest BCUT2D eigenvalue weighted by Crippen LogP contribution is -2.15. The number of benzene rings is 2. The van der Waals surface area contributed by atoms with E-state index < -0.39 is 10.0 Å². The molecule has 0 aliphatic rings. The lowest BCUT2D eigenvalue weighted by molar-refractivity contribution is 0.600. The predicted molar refractivity (Wildman–Crippen MR) is 110 cm³/mol. The Labute approximate surface area is 172 Å². The molecule has 0 unspecified atom stereocenters. The summed E-state index contributed by atoms with van der Waals surface area (Å²) in [6.45, 7) is 3.96. The molecule has 0 bridgehead atoms. The van der Waals surface area contributed by atoms with Gasteiger partial charge in [0.15, 0.2) is 5.82 Å². The summed E-state index contributed by atoms with van der Waals surface area (Å²) < 4.78 is 29.3. The van der Waals surface area contributed by atoms with Gasteiger partial charge in [-0.2, -0.15) is 5.10 Å². The summed E-state index contributed by atoms with van der Waals surface area (Å²) in [6, 6.07) is 10.2. The topological polar surface area (TPSA) is 64.0 Å². The standard InChI is InChI=1S/C18H16Cl3N3O2S/c1-11-3-6-17(12(2)7-11)27(25,26)23-18-16(21)10-24(22-18)9-13-4-5-14(19)8-15(13)20/h3-8,10H,9H2,1-2H3,(H,22,23). The maximum absolute atomic E-state index is 12.7. The number of halogens is 3. The van der Waals surface area contributed by atoms with Crippen LogP contribution in [-0.4, -0.2) is 18.2 Å². The SMILES string of the molecule is Cc1ccc(S(=O)(=O)Nc2nn(Cc3ccc(Cl)cc3Cl)cc2Cl)c(C)c1. The van der Waals surface area contributed by atoms with Gasteiger partial charge in [0.25, 0.3) is 10.0 Å². The molecule has 0 fully saturated rings. The van der Waals surface area contributed by atoms with Crippen LogP contribution in [0, 0.1) is 13.8 Å². The Morgan fingerprint density at radius 2 is 1.78 bits per heavy atom. The largest absolute Gasteiger partial charge is 0.265 e. The number of aromatic nitrogens is 2. The van der Waals surface area contributed by atoms with E-state index in [2.05, 4.69) is 9.82 Å². The molecule has 0 aliphatic carbocycles. The van der Waals surface area contributed by atoms with Crippen molar-refractivity contribution in [1.29, 1.82) is 0 Å². The Bertz CT molecular complexity index is 1110. The van der Waals surface area contributed by atoms with Crippen molar-refractivity contribution >= 4 is 50.6 Å². The van der Waals surface area contributed by atoms with E-state index in [1.807, 2.05) is 6.92 Å². The minimum absolute atomic E-state index is 0.0572. The van der Waals surface area contributed by atoms with Crippen molar-refractivity contribution in [2.75, 3.05) is 4.72 Å². The summed E-state index contributed by atoms with van der Waals surface area (Å²) in [7, 11) is -3.81. The van der Waals surface area contributed by atoms with Crippen LogP contribution >= 0.6 is 34.8 Å². The molecule has 27 heavy (non-hydrogen) atoms. The molecular weight excluding hydrogens is 429 g/mol. The fourth-order valence-corrected chi connectivity index (χ4v) is 4.62. The lowest BCUT2D eigenvalue weighted by Gasteiger charge is -2.09. The minimum Gasteiger partial charge on any atom is -0.265 e. The third kappa shape index (κ3) is 4.58. The molecule has 1 N–H and O–H groups in total. The maximum atomic E-state index is 12.7. The van der Waals surface area contributed by atoms with E-state index in [9.17, 15) is 8.42 Å². The van der Waals surface area contributed by atoms with E-state index in [0.717, 1.165) is 11.1 Å². The highest BCUT2D eigenvalue weighted by molar-refractivity contribution is 7.92. The number of nitrogens with zero attached hydrogens (tertiary/aromatic N) is 2. The van der Waals surface area contributed by atoms with Gasteiger partial charge in [0.2, 0.25) is 0 Å². The first-order valence-electron chi connectivity index (χ1n) is 7.92. The van der Waals surface area contributed by atoms with Crippen LogP contribution in [0.2, 0.25) is 15.1 Å². The van der Waals surface area contributed by atoms with Crippen molar-refractivity contribution < 1.29 is 8.42 Å². The van der Waals surface area contributed by atoms with E-state index in [1.165, 1.54) is 10.9 Å². The molecule has 9 heteroatoms. The zero-order chi connectivity index (χ0) is 19.8. The maximum Gasteiger partial charge on any atom is 0.263 e. The second-order valence-electron chi connectivity index (χ2n) is 6.13. The van der Waals surface area contributed by atoms with Crippen molar-refractivity contribution in [2.45, 2.75) is 25.3 Å². The average molecular weight is 445 g/mol. The van der Waals surface area contributed by atoms with Gasteiger partial charge in [-0.15, -0.1) is 0 Å².